The Kier molecular flexibility index (Phi) is 12.7. The van der Waals surface area contributed by atoms with Crippen LogP contribution in [0.5, 0.6) is 0 Å². The average molecular weight is 491 g/mol. The number of hydrogen-bond acceptors (Lipinski definition) is 3. The molecule has 0 aliphatic heterocycles. The quantitative estimate of drug-likeness (QED) is 0.187. The van der Waals surface area contributed by atoms with Gasteiger partial charge in [0.25, 0.3) is 0 Å². The van der Waals surface area contributed by atoms with E-state index in [2.05, 4.69) is 29.3 Å². The van der Waals surface area contributed by atoms with Crippen molar-refractivity contribution in [3.63, 3.8) is 0 Å². The van der Waals surface area contributed by atoms with Gasteiger partial charge in [-0.25, -0.2) is 0 Å². The molecule has 1 aliphatic rings. The largest absolute Gasteiger partial charge is 0.378 e. The van der Waals surface area contributed by atoms with Crippen LogP contribution in [0.1, 0.15) is 63.9 Å². The molecule has 0 saturated heterocycles. The predicted molar refractivity (Wildman–Crippen MR) is 123 cm³/mol. The molecule has 1 fully saturated rings. The summed E-state index contributed by atoms with van der Waals surface area (Å²) in [4.78, 5) is 6.92. The third-order valence-corrected chi connectivity index (χ3v) is 4.84. The minimum Gasteiger partial charge on any atom is -0.378 e. The van der Waals surface area contributed by atoms with Gasteiger partial charge in [-0.3, -0.25) is 9.67 Å². The van der Waals surface area contributed by atoms with Crippen molar-refractivity contribution in [1.82, 2.24) is 20.0 Å². The molecule has 1 heterocycles. The van der Waals surface area contributed by atoms with E-state index >= 15 is 0 Å². The lowest BCUT2D eigenvalue weighted by atomic mass is 10.1. The fourth-order valence-corrected chi connectivity index (χ4v) is 3.43. The molecule has 0 atom stereocenters. The molecular weight excluding hydrogens is 453 g/mol. The molecule has 156 valence electrons. The molecule has 1 saturated carbocycles. The third-order valence-electron chi connectivity index (χ3n) is 4.84. The number of guanidine groups is 1. The molecule has 1 aromatic rings. The van der Waals surface area contributed by atoms with Crippen molar-refractivity contribution >= 4 is 29.9 Å². The first-order valence-corrected chi connectivity index (χ1v) is 10.3. The fraction of sp³-hybridized carbons (Fsp3) is 0.800. The van der Waals surface area contributed by atoms with E-state index in [9.17, 15) is 0 Å². The average Bonchev–Trinajstić information content (AvgIpc) is 2.87. The topological polar surface area (TPSA) is 54.7 Å². The van der Waals surface area contributed by atoms with Crippen LogP contribution in [0.15, 0.2) is 17.4 Å². The third kappa shape index (κ3) is 9.78. The van der Waals surface area contributed by atoms with Crippen LogP contribution >= 0.6 is 24.0 Å². The van der Waals surface area contributed by atoms with Crippen LogP contribution in [0.4, 0.5) is 0 Å². The Hall–Kier alpha value is -0.830. The van der Waals surface area contributed by atoms with Gasteiger partial charge in [-0.1, -0.05) is 25.7 Å². The van der Waals surface area contributed by atoms with Crippen molar-refractivity contribution in [1.29, 1.82) is 0 Å². The highest BCUT2D eigenvalue weighted by atomic mass is 127. The molecule has 0 radical (unpaired) electrons. The number of ether oxygens (including phenoxy) is 1. The van der Waals surface area contributed by atoms with Gasteiger partial charge in [0, 0.05) is 52.1 Å². The molecule has 2 rings (SSSR count). The summed E-state index contributed by atoms with van der Waals surface area (Å²) in [5.74, 6) is 0.959. The number of aromatic nitrogens is 2. The van der Waals surface area contributed by atoms with Gasteiger partial charge in [0.1, 0.15) is 0 Å². The van der Waals surface area contributed by atoms with E-state index in [4.69, 9.17) is 9.73 Å². The second-order valence-electron chi connectivity index (χ2n) is 7.31. The summed E-state index contributed by atoms with van der Waals surface area (Å²) in [6.45, 7) is 5.51. The number of nitrogens with zero attached hydrogens (tertiary/aromatic N) is 4. The van der Waals surface area contributed by atoms with Crippen molar-refractivity contribution < 1.29 is 4.74 Å². The van der Waals surface area contributed by atoms with E-state index < -0.39 is 0 Å². The first kappa shape index (κ1) is 24.2. The Labute approximate surface area is 182 Å². The number of aryl methyl sites for hydroxylation is 1. The number of halogens is 1. The molecule has 0 unspecified atom stereocenters. The number of unbranched alkanes of at least 4 members (excludes halogenated alkanes) is 1. The van der Waals surface area contributed by atoms with E-state index in [0.29, 0.717) is 6.10 Å². The summed E-state index contributed by atoms with van der Waals surface area (Å²) in [5.41, 5.74) is 1.19. The smallest absolute Gasteiger partial charge is 0.193 e. The zero-order valence-electron chi connectivity index (χ0n) is 17.3. The summed E-state index contributed by atoms with van der Waals surface area (Å²) in [6.07, 6.45) is 14.6. The summed E-state index contributed by atoms with van der Waals surface area (Å²) >= 11 is 0. The lowest BCUT2D eigenvalue weighted by molar-refractivity contribution is 0.0412. The van der Waals surface area contributed by atoms with Gasteiger partial charge in [-0.2, -0.15) is 5.10 Å². The van der Waals surface area contributed by atoms with Crippen LogP contribution in [0.3, 0.4) is 0 Å². The van der Waals surface area contributed by atoms with Gasteiger partial charge in [-0.15, -0.1) is 24.0 Å². The zero-order valence-corrected chi connectivity index (χ0v) is 19.7. The lowest BCUT2D eigenvalue weighted by Crippen LogP contribution is -2.38. The lowest BCUT2D eigenvalue weighted by Gasteiger charge is -2.21. The Morgan fingerprint density at radius 1 is 1.30 bits per heavy atom. The van der Waals surface area contributed by atoms with Crippen molar-refractivity contribution in [3.05, 3.63) is 18.0 Å². The van der Waals surface area contributed by atoms with Crippen molar-refractivity contribution in [2.45, 2.75) is 70.9 Å². The number of hydrogen-bond donors (Lipinski definition) is 1. The molecule has 1 aliphatic carbocycles. The van der Waals surface area contributed by atoms with Crippen molar-refractivity contribution in [2.24, 2.45) is 12.0 Å². The number of rotatable bonds is 9. The first-order valence-electron chi connectivity index (χ1n) is 10.3. The van der Waals surface area contributed by atoms with Crippen molar-refractivity contribution in [3.8, 4) is 0 Å². The van der Waals surface area contributed by atoms with Crippen LogP contribution in [-0.2, 0) is 18.3 Å². The minimum atomic E-state index is 0. The van der Waals surface area contributed by atoms with Crippen molar-refractivity contribution in [2.75, 3.05) is 26.7 Å². The predicted octanol–water partition coefficient (Wildman–Crippen LogP) is 3.96. The molecular formula is C20H38IN5O. The molecule has 0 aromatic carbocycles. The molecule has 7 heteroatoms. The monoisotopic (exact) mass is 491 g/mol. The second kappa shape index (κ2) is 14.2. The Morgan fingerprint density at radius 2 is 2.04 bits per heavy atom. The Balaban J connectivity index is 0.00000364. The molecule has 1 N–H and O–H groups in total. The summed E-state index contributed by atoms with van der Waals surface area (Å²) < 4.78 is 7.90. The van der Waals surface area contributed by atoms with Crippen LogP contribution in [0.2, 0.25) is 0 Å². The van der Waals surface area contributed by atoms with Gasteiger partial charge in [-0.05, 0) is 32.6 Å². The van der Waals surface area contributed by atoms with Crippen LogP contribution in [0.25, 0.3) is 0 Å². The summed E-state index contributed by atoms with van der Waals surface area (Å²) in [5, 5.41) is 7.61. The van der Waals surface area contributed by atoms with Gasteiger partial charge in [0.05, 0.1) is 12.3 Å². The van der Waals surface area contributed by atoms with Gasteiger partial charge < -0.3 is 15.0 Å². The number of aliphatic imine (C=N–C) groups is 1. The summed E-state index contributed by atoms with van der Waals surface area (Å²) in [6, 6.07) is 0. The van der Waals surface area contributed by atoms with E-state index in [-0.39, 0.29) is 24.0 Å². The zero-order chi connectivity index (χ0) is 18.6. The normalized spacial score (nSPS) is 15.9. The molecule has 27 heavy (non-hydrogen) atoms. The highest BCUT2D eigenvalue weighted by Gasteiger charge is 2.12. The maximum Gasteiger partial charge on any atom is 0.193 e. The van der Waals surface area contributed by atoms with Crippen LogP contribution in [0, 0.1) is 0 Å². The van der Waals surface area contributed by atoms with Gasteiger partial charge in [0.15, 0.2) is 5.96 Å². The molecule has 0 bridgehead atoms. The molecule has 0 amide bonds. The summed E-state index contributed by atoms with van der Waals surface area (Å²) in [7, 11) is 4.02. The minimum absolute atomic E-state index is 0. The molecule has 1 aromatic heterocycles. The van der Waals surface area contributed by atoms with Crippen LogP contribution in [-0.4, -0.2) is 53.5 Å². The van der Waals surface area contributed by atoms with Crippen LogP contribution < -0.4 is 5.32 Å². The van der Waals surface area contributed by atoms with E-state index in [1.807, 2.05) is 24.1 Å². The standard InChI is InChI=1S/C20H37N5O.HI/c1-4-21-20(24(2)16-18-15-23-25(3)17-18)22-13-9-10-14-26-19-11-7-5-6-8-12-19;/h15,17,19H,4-14,16H2,1-3H3,(H,21,22);1H. The SMILES string of the molecule is CCNC(=NCCCCOC1CCCCCC1)N(C)Cc1cnn(C)c1.I. The highest BCUT2D eigenvalue weighted by molar-refractivity contribution is 14.0. The Morgan fingerprint density at radius 3 is 2.67 bits per heavy atom. The fourth-order valence-electron chi connectivity index (χ4n) is 3.43. The molecule has 0 spiro atoms. The maximum atomic E-state index is 6.06. The van der Waals surface area contributed by atoms with Gasteiger partial charge >= 0.3 is 0 Å². The second-order valence-corrected chi connectivity index (χ2v) is 7.31. The van der Waals surface area contributed by atoms with Gasteiger partial charge in [0.2, 0.25) is 0 Å². The van der Waals surface area contributed by atoms with E-state index in [1.54, 1.807) is 0 Å². The Bertz CT molecular complexity index is 526. The van der Waals surface area contributed by atoms with E-state index in [1.165, 1.54) is 44.1 Å². The van der Waals surface area contributed by atoms with E-state index in [0.717, 1.165) is 45.0 Å². The number of nitrogens with one attached hydrogen (secondary N) is 1. The highest BCUT2D eigenvalue weighted by Crippen LogP contribution is 2.19. The first-order chi connectivity index (χ1) is 12.7. The molecule has 6 nitrogen and oxygen atoms in total. The maximum absolute atomic E-state index is 6.06.